The molecule has 1 aliphatic rings. The number of hydrogen-bond acceptors (Lipinski definition) is 4. The lowest BCUT2D eigenvalue weighted by molar-refractivity contribution is 0.0932. The average Bonchev–Trinajstić information content (AvgIpc) is 2.96. The number of carbonyl (C=O) groups is 1. The van der Waals surface area contributed by atoms with Gasteiger partial charge in [-0.05, 0) is 59.4 Å². The quantitative estimate of drug-likeness (QED) is 0.282. The molecule has 0 bridgehead atoms. The van der Waals surface area contributed by atoms with Crippen molar-refractivity contribution in [1.82, 2.24) is 15.2 Å². The van der Waals surface area contributed by atoms with Crippen molar-refractivity contribution in [1.29, 1.82) is 0 Å². The Balaban J connectivity index is 1.06. The predicted octanol–water partition coefficient (Wildman–Crippen LogP) is 6.51. The molecule has 1 N–H and O–H groups in total. The fraction of sp³-hybridized carbons (Fsp3) is 0.226. The average molecular weight is 530 g/mol. The van der Waals surface area contributed by atoms with Crippen LogP contribution in [0.3, 0.4) is 0 Å². The SMILES string of the molecule is O=C(NCc1ccc(OC2CCN(Cc3ccc(F)c(Cl)c3)CC2)nc1)c1ccc(-c2ccccc2)cc1. The first-order chi connectivity index (χ1) is 18.5. The maximum absolute atomic E-state index is 13.4. The Bertz CT molecular complexity index is 1360. The highest BCUT2D eigenvalue weighted by atomic mass is 35.5. The van der Waals surface area contributed by atoms with Crippen molar-refractivity contribution in [2.24, 2.45) is 0 Å². The van der Waals surface area contributed by atoms with Crippen molar-refractivity contribution in [3.63, 3.8) is 0 Å². The first kappa shape index (κ1) is 25.9. The molecule has 2 heterocycles. The highest BCUT2D eigenvalue weighted by Gasteiger charge is 2.21. The molecule has 194 valence electrons. The third-order valence-electron chi connectivity index (χ3n) is 6.72. The number of rotatable bonds is 8. The Morgan fingerprint density at radius 2 is 1.66 bits per heavy atom. The third-order valence-corrected chi connectivity index (χ3v) is 7.01. The van der Waals surface area contributed by atoms with Gasteiger partial charge in [0.25, 0.3) is 5.91 Å². The number of hydrogen-bond donors (Lipinski definition) is 1. The van der Waals surface area contributed by atoms with Crippen LogP contribution in [0.1, 0.15) is 34.3 Å². The summed E-state index contributed by atoms with van der Waals surface area (Å²) >= 11 is 5.90. The number of aromatic nitrogens is 1. The van der Waals surface area contributed by atoms with Crippen LogP contribution < -0.4 is 10.1 Å². The number of nitrogens with one attached hydrogen (secondary N) is 1. The van der Waals surface area contributed by atoms with Crippen molar-refractivity contribution in [2.45, 2.75) is 32.0 Å². The van der Waals surface area contributed by atoms with Gasteiger partial charge in [-0.1, -0.05) is 66.2 Å². The summed E-state index contributed by atoms with van der Waals surface area (Å²) in [7, 11) is 0. The van der Waals surface area contributed by atoms with E-state index in [9.17, 15) is 9.18 Å². The molecule has 1 aromatic heterocycles. The summed E-state index contributed by atoms with van der Waals surface area (Å²) in [5.74, 6) is 0.0669. The van der Waals surface area contributed by atoms with Crippen LogP contribution in [0, 0.1) is 5.82 Å². The zero-order valence-corrected chi connectivity index (χ0v) is 21.7. The summed E-state index contributed by atoms with van der Waals surface area (Å²) in [5, 5.41) is 3.11. The zero-order chi connectivity index (χ0) is 26.3. The van der Waals surface area contributed by atoms with E-state index in [0.717, 1.165) is 54.7 Å². The number of amides is 1. The number of halogens is 2. The van der Waals surface area contributed by atoms with E-state index in [1.54, 1.807) is 18.3 Å². The summed E-state index contributed by atoms with van der Waals surface area (Å²) in [6, 6.07) is 26.3. The molecule has 0 unspecified atom stereocenters. The largest absolute Gasteiger partial charge is 0.474 e. The third kappa shape index (κ3) is 6.77. The van der Waals surface area contributed by atoms with Gasteiger partial charge in [-0.15, -0.1) is 0 Å². The van der Waals surface area contributed by atoms with Gasteiger partial charge >= 0.3 is 0 Å². The summed E-state index contributed by atoms with van der Waals surface area (Å²) in [5.41, 5.74) is 4.72. The van der Waals surface area contributed by atoms with Gasteiger partial charge in [-0.2, -0.15) is 0 Å². The van der Waals surface area contributed by atoms with Crippen molar-refractivity contribution < 1.29 is 13.9 Å². The van der Waals surface area contributed by atoms with Crippen molar-refractivity contribution in [3.8, 4) is 17.0 Å². The lowest BCUT2D eigenvalue weighted by Crippen LogP contribution is -2.37. The Kier molecular flexibility index (Phi) is 8.31. The Morgan fingerprint density at radius 3 is 2.34 bits per heavy atom. The smallest absolute Gasteiger partial charge is 0.251 e. The molecule has 5 nitrogen and oxygen atoms in total. The van der Waals surface area contributed by atoms with Crippen LogP contribution in [0.25, 0.3) is 11.1 Å². The van der Waals surface area contributed by atoms with Crippen LogP contribution in [-0.2, 0) is 13.1 Å². The summed E-state index contributed by atoms with van der Waals surface area (Å²) in [4.78, 5) is 19.3. The van der Waals surface area contributed by atoms with Crippen LogP contribution in [0.2, 0.25) is 5.02 Å². The molecule has 0 radical (unpaired) electrons. The molecular formula is C31H29ClFN3O2. The maximum Gasteiger partial charge on any atom is 0.251 e. The van der Waals surface area contributed by atoms with Gasteiger partial charge in [0.05, 0.1) is 5.02 Å². The second-order valence-corrected chi connectivity index (χ2v) is 9.88. The van der Waals surface area contributed by atoms with E-state index in [4.69, 9.17) is 16.3 Å². The minimum absolute atomic E-state index is 0.0972. The number of carbonyl (C=O) groups excluding carboxylic acids is 1. The molecule has 3 aromatic carbocycles. The lowest BCUT2D eigenvalue weighted by Gasteiger charge is -2.31. The highest BCUT2D eigenvalue weighted by molar-refractivity contribution is 6.30. The molecule has 0 saturated carbocycles. The number of nitrogens with zero attached hydrogens (tertiary/aromatic N) is 2. The minimum Gasteiger partial charge on any atom is -0.474 e. The summed E-state index contributed by atoms with van der Waals surface area (Å²) in [6.45, 7) is 2.90. The summed E-state index contributed by atoms with van der Waals surface area (Å²) in [6.07, 6.45) is 3.61. The van der Waals surface area contributed by atoms with Crippen molar-refractivity contribution in [3.05, 3.63) is 119 Å². The van der Waals surface area contributed by atoms with Gasteiger partial charge in [0, 0.05) is 44.0 Å². The minimum atomic E-state index is -0.391. The van der Waals surface area contributed by atoms with E-state index < -0.39 is 5.82 Å². The Labute approximate surface area is 227 Å². The molecule has 1 fully saturated rings. The molecule has 1 aliphatic heterocycles. The van der Waals surface area contributed by atoms with Gasteiger partial charge in [0.1, 0.15) is 11.9 Å². The molecule has 4 aromatic rings. The van der Waals surface area contributed by atoms with E-state index in [2.05, 4.69) is 15.2 Å². The second kappa shape index (κ2) is 12.2. The van der Waals surface area contributed by atoms with Crippen LogP contribution in [0.4, 0.5) is 4.39 Å². The normalized spacial score (nSPS) is 14.3. The fourth-order valence-corrected chi connectivity index (χ4v) is 4.77. The molecule has 38 heavy (non-hydrogen) atoms. The number of likely N-dealkylation sites (tertiary alicyclic amines) is 1. The van der Waals surface area contributed by atoms with E-state index in [1.807, 2.05) is 66.7 Å². The molecule has 0 atom stereocenters. The van der Waals surface area contributed by atoms with E-state index in [-0.39, 0.29) is 17.0 Å². The number of piperidine rings is 1. The van der Waals surface area contributed by atoms with E-state index >= 15 is 0 Å². The van der Waals surface area contributed by atoms with Gasteiger partial charge in [0.2, 0.25) is 5.88 Å². The molecular weight excluding hydrogens is 501 g/mol. The topological polar surface area (TPSA) is 54.5 Å². The molecule has 1 amide bonds. The highest BCUT2D eigenvalue weighted by Crippen LogP contribution is 2.22. The van der Waals surface area contributed by atoms with Crippen molar-refractivity contribution >= 4 is 17.5 Å². The molecule has 7 heteroatoms. The Morgan fingerprint density at radius 1 is 0.947 bits per heavy atom. The maximum atomic E-state index is 13.4. The van der Waals surface area contributed by atoms with E-state index in [0.29, 0.717) is 18.0 Å². The lowest BCUT2D eigenvalue weighted by atomic mass is 10.0. The second-order valence-electron chi connectivity index (χ2n) is 9.47. The van der Waals surface area contributed by atoms with Gasteiger partial charge in [0.15, 0.2) is 0 Å². The number of benzene rings is 3. The predicted molar refractivity (Wildman–Crippen MR) is 148 cm³/mol. The van der Waals surface area contributed by atoms with Gasteiger partial charge in [-0.25, -0.2) is 9.37 Å². The van der Waals surface area contributed by atoms with Crippen molar-refractivity contribution in [2.75, 3.05) is 13.1 Å². The first-order valence-electron chi connectivity index (χ1n) is 12.7. The first-order valence-corrected chi connectivity index (χ1v) is 13.1. The number of ether oxygens (including phenoxy) is 1. The van der Waals surface area contributed by atoms with Crippen LogP contribution in [0.5, 0.6) is 5.88 Å². The Hall–Kier alpha value is -3.74. The van der Waals surface area contributed by atoms with Crippen LogP contribution >= 0.6 is 11.6 Å². The summed E-state index contributed by atoms with van der Waals surface area (Å²) < 4.78 is 19.5. The van der Waals surface area contributed by atoms with Crippen LogP contribution in [0.15, 0.2) is 91.1 Å². The fourth-order valence-electron chi connectivity index (χ4n) is 4.57. The monoisotopic (exact) mass is 529 g/mol. The zero-order valence-electron chi connectivity index (χ0n) is 20.9. The number of pyridine rings is 1. The molecule has 0 spiro atoms. The molecule has 0 aliphatic carbocycles. The van der Waals surface area contributed by atoms with Gasteiger partial charge in [-0.3, -0.25) is 9.69 Å². The molecule has 1 saturated heterocycles. The van der Waals surface area contributed by atoms with Crippen LogP contribution in [-0.4, -0.2) is 35.0 Å². The standard InChI is InChI=1S/C31H29ClFN3O2/c32-28-18-22(6-12-29(28)33)21-36-16-14-27(15-17-36)38-30-13-7-23(19-34-30)20-35-31(37)26-10-8-25(9-11-26)24-4-2-1-3-5-24/h1-13,18-19,27H,14-17,20-21H2,(H,35,37). The molecule has 5 rings (SSSR count). The van der Waals surface area contributed by atoms with E-state index in [1.165, 1.54) is 6.07 Å². The van der Waals surface area contributed by atoms with Gasteiger partial charge < -0.3 is 10.1 Å².